The van der Waals surface area contributed by atoms with E-state index in [0.717, 1.165) is 38.5 Å². The summed E-state index contributed by atoms with van der Waals surface area (Å²) in [5, 5.41) is 11.3. The normalized spacial score (nSPS) is 41.3. The Kier molecular flexibility index (Phi) is 8.36. The number of fused-ring (bicyclic) bond motifs is 7. The number of carbonyl (C=O) groups excluding carboxylic acids is 1. The van der Waals surface area contributed by atoms with Crippen LogP contribution < -0.4 is 0 Å². The Labute approximate surface area is 299 Å². The quantitative estimate of drug-likeness (QED) is 0.190. The van der Waals surface area contributed by atoms with Gasteiger partial charge in [-0.3, -0.25) is 4.79 Å². The predicted octanol–water partition coefficient (Wildman–Crippen LogP) is 11.8. The van der Waals surface area contributed by atoms with Crippen LogP contribution in [0.5, 0.6) is 0 Å². The number of carboxylic acid groups (broad SMARTS) is 1. The van der Waals surface area contributed by atoms with Crippen LogP contribution in [0.2, 0.25) is 23.2 Å². The van der Waals surface area contributed by atoms with E-state index >= 15 is 0 Å². The second-order valence-corrected chi connectivity index (χ2v) is 26.0. The van der Waals surface area contributed by atoms with Gasteiger partial charge in [0.15, 0.2) is 0 Å². The number of carboxylic acids is 1. The van der Waals surface area contributed by atoms with Gasteiger partial charge in [-0.2, -0.15) is 0 Å². The molecule has 0 bridgehead atoms. The first-order chi connectivity index (χ1) is 22.5. The van der Waals surface area contributed by atoms with Crippen molar-refractivity contribution in [1.82, 2.24) is 0 Å². The minimum absolute atomic E-state index is 0.00716. The van der Waals surface area contributed by atoms with Gasteiger partial charge in [0.25, 0.3) is 0 Å². The van der Waals surface area contributed by atoms with Gasteiger partial charge >= 0.3 is 11.9 Å². The minimum atomic E-state index is -2.07. The molecular weight excluding hydrogens is 621 g/mol. The van der Waals surface area contributed by atoms with Gasteiger partial charge in [-0.25, -0.2) is 4.79 Å². The van der Waals surface area contributed by atoms with Crippen molar-refractivity contribution in [1.29, 1.82) is 0 Å². The van der Waals surface area contributed by atoms with Crippen molar-refractivity contribution in [2.24, 2.45) is 50.7 Å². The summed E-state index contributed by atoms with van der Waals surface area (Å²) < 4.78 is 4.96. The van der Waals surface area contributed by atoms with E-state index in [4.69, 9.17) is 11.3 Å². The van der Waals surface area contributed by atoms with Crippen molar-refractivity contribution in [2.45, 2.75) is 143 Å². The monoisotopic (exact) mass is 686 g/mol. The summed E-state index contributed by atoms with van der Waals surface area (Å²) in [5.41, 5.74) is 4.23. The lowest BCUT2D eigenvalue weighted by Crippen LogP contribution is -2.67. The van der Waals surface area contributed by atoms with E-state index < -0.39 is 19.5 Å². The number of hydrogen-bond acceptors (Lipinski definition) is 3. The molecule has 4 nitrogen and oxygen atoms in total. The lowest BCUT2D eigenvalue weighted by atomic mass is 9.32. The van der Waals surface area contributed by atoms with E-state index in [-0.39, 0.29) is 43.6 Å². The molecule has 0 aromatic heterocycles. The van der Waals surface area contributed by atoms with E-state index in [0.29, 0.717) is 23.3 Å². The van der Waals surface area contributed by atoms with Crippen LogP contribution in [0.3, 0.4) is 0 Å². The summed E-state index contributed by atoms with van der Waals surface area (Å²) >= 11 is 0. The van der Waals surface area contributed by atoms with Gasteiger partial charge in [0.1, 0.15) is 0 Å². The molecule has 0 saturated heterocycles. The van der Waals surface area contributed by atoms with Gasteiger partial charge in [-0.1, -0.05) is 98.8 Å². The van der Waals surface area contributed by atoms with Gasteiger partial charge in [0.2, 0.25) is 0 Å². The average Bonchev–Trinajstić information content (AvgIpc) is 3.39. The summed E-state index contributed by atoms with van der Waals surface area (Å²) in [5.74, 6) is 0.856. The van der Waals surface area contributed by atoms with Crippen LogP contribution in [0.25, 0.3) is 5.57 Å². The molecule has 49 heavy (non-hydrogen) atoms. The highest BCUT2D eigenvalue weighted by Gasteiger charge is 2.76. The number of methoxy groups -OCH3 is 1. The Morgan fingerprint density at radius 2 is 1.49 bits per heavy atom. The number of allylic oxidation sites excluding steroid dienone is 3. The molecule has 5 heteroatoms. The van der Waals surface area contributed by atoms with Crippen molar-refractivity contribution in [3.8, 4) is 0 Å². The fourth-order valence-corrected chi connectivity index (χ4v) is 18.8. The van der Waals surface area contributed by atoms with Gasteiger partial charge in [-0.05, 0) is 143 Å². The van der Waals surface area contributed by atoms with Crippen molar-refractivity contribution in [3.05, 3.63) is 53.6 Å². The second kappa shape index (κ2) is 11.2. The van der Waals surface area contributed by atoms with E-state index in [1.165, 1.54) is 43.1 Å². The molecule has 5 aliphatic carbocycles. The van der Waals surface area contributed by atoms with Crippen molar-refractivity contribution >= 4 is 25.6 Å². The van der Waals surface area contributed by atoms with E-state index in [1.807, 2.05) is 12.1 Å². The number of rotatable bonds is 5. The first-order valence-corrected chi connectivity index (χ1v) is 22.3. The molecule has 0 heterocycles. The summed E-state index contributed by atoms with van der Waals surface area (Å²) in [6.45, 7) is 32.3. The van der Waals surface area contributed by atoms with E-state index in [2.05, 4.69) is 93.6 Å². The second-order valence-electron chi connectivity index (χ2n) is 20.3. The topological polar surface area (TPSA) is 63.6 Å². The number of aliphatic carboxylic acids is 1. The Morgan fingerprint density at radius 3 is 2.04 bits per heavy atom. The van der Waals surface area contributed by atoms with Crippen molar-refractivity contribution in [2.75, 3.05) is 7.11 Å². The van der Waals surface area contributed by atoms with Gasteiger partial charge in [-0.15, -0.1) is 0 Å². The van der Waals surface area contributed by atoms with Crippen LogP contribution in [0.15, 0.2) is 42.5 Å². The molecule has 9 atom stereocenters. The number of esters is 1. The average molecular weight is 687 g/mol. The van der Waals surface area contributed by atoms with Crippen LogP contribution in [0, 0.1) is 50.7 Å². The summed E-state index contributed by atoms with van der Waals surface area (Å²) in [6, 6.07) is 8.03. The molecule has 270 valence electrons. The highest BCUT2D eigenvalue weighted by Crippen LogP contribution is 2.82. The SMILES string of the molecule is C=C(C)[C@@]1([Si](C)(C)C(C)(C)C)CC[C@@]2(C(=O)O)CC[C@]3(C)[C@H](CC[C@@H]4[C@@]5(C)CC=C(c6ccc(C(=O)OC)cc6)C(C)(C)[C@@H]5CC[C@]43C)[C@H]21. The number of hydrogen-bond donors (Lipinski definition) is 1. The van der Waals surface area contributed by atoms with Crippen molar-refractivity contribution in [3.63, 3.8) is 0 Å². The van der Waals surface area contributed by atoms with Gasteiger partial charge in [0, 0.05) is 0 Å². The number of carbonyl (C=O) groups is 2. The third kappa shape index (κ3) is 4.51. The van der Waals surface area contributed by atoms with Crippen LogP contribution in [-0.2, 0) is 9.53 Å². The van der Waals surface area contributed by atoms with Crippen LogP contribution in [0.1, 0.15) is 136 Å². The molecular formula is C44H66O4Si. The zero-order valence-corrected chi connectivity index (χ0v) is 33.9. The smallest absolute Gasteiger partial charge is 0.337 e. The predicted molar refractivity (Wildman–Crippen MR) is 204 cm³/mol. The molecule has 1 aromatic rings. The Hall–Kier alpha value is -2.14. The summed E-state index contributed by atoms with van der Waals surface area (Å²) in [6.07, 6.45) is 12.0. The molecule has 5 aliphatic rings. The minimum Gasteiger partial charge on any atom is -0.481 e. The highest BCUT2D eigenvalue weighted by atomic mass is 28.3. The lowest BCUT2D eigenvalue weighted by molar-refractivity contribution is -0.227. The number of benzene rings is 1. The molecule has 0 unspecified atom stereocenters. The largest absolute Gasteiger partial charge is 0.481 e. The lowest BCUT2D eigenvalue weighted by Gasteiger charge is -2.73. The summed E-state index contributed by atoms with van der Waals surface area (Å²) in [4.78, 5) is 25.8. The maximum absolute atomic E-state index is 13.7. The van der Waals surface area contributed by atoms with Crippen LogP contribution >= 0.6 is 0 Å². The molecule has 6 rings (SSSR count). The standard InChI is InChI=1S/C44H66O4Si/c1-28(2)44(49(12,13)38(3,4)5)27-26-43(37(46)47)25-24-41(9)32(35(43)44)18-19-34-40(8)22-20-31(29-14-16-30(17-15-29)36(45)48-11)39(6,7)33(40)21-23-42(34,41)10/h14-17,20,32-35H,1,18-19,21-27H2,2-13H3,(H,46,47)/t32-,33+,34-,35-,40+,41-,42-,43+,44+/m1/s1. The molecule has 0 radical (unpaired) electrons. The molecule has 0 spiro atoms. The van der Waals surface area contributed by atoms with Crippen LogP contribution in [0.4, 0.5) is 0 Å². The maximum Gasteiger partial charge on any atom is 0.337 e. The number of ether oxygens (including phenoxy) is 1. The van der Waals surface area contributed by atoms with Gasteiger partial charge in [0.05, 0.1) is 26.2 Å². The Morgan fingerprint density at radius 1 is 0.878 bits per heavy atom. The van der Waals surface area contributed by atoms with Crippen molar-refractivity contribution < 1.29 is 19.4 Å². The molecule has 1 aromatic carbocycles. The third-order valence-electron chi connectivity index (χ3n) is 17.9. The maximum atomic E-state index is 13.7. The molecule has 4 fully saturated rings. The molecule has 1 N–H and O–H groups in total. The Balaban J connectivity index is 1.42. The van der Waals surface area contributed by atoms with Gasteiger partial charge < -0.3 is 9.84 Å². The molecule has 0 aliphatic heterocycles. The zero-order chi connectivity index (χ0) is 36.4. The highest BCUT2D eigenvalue weighted by molar-refractivity contribution is 6.83. The van der Waals surface area contributed by atoms with E-state index in [9.17, 15) is 14.7 Å². The molecule has 0 amide bonds. The zero-order valence-electron chi connectivity index (χ0n) is 32.9. The van der Waals surface area contributed by atoms with E-state index in [1.54, 1.807) is 0 Å². The molecule has 4 saturated carbocycles. The fourth-order valence-electron chi connectivity index (χ4n) is 14.4. The third-order valence-corrected chi connectivity index (χ3v) is 24.9. The fraction of sp³-hybridized carbons (Fsp3) is 0.727. The first kappa shape index (κ1) is 36.6. The van der Waals surface area contributed by atoms with Crippen LogP contribution in [-0.4, -0.2) is 32.2 Å². The summed E-state index contributed by atoms with van der Waals surface area (Å²) in [7, 11) is -0.640. The first-order valence-electron chi connectivity index (χ1n) is 19.3. The Bertz CT molecular complexity index is 1580.